The van der Waals surface area contributed by atoms with Gasteiger partial charge < -0.3 is 9.84 Å². The number of fused-ring (bicyclic) bond motifs is 2. The Balaban J connectivity index is 1.74. The van der Waals surface area contributed by atoms with E-state index in [9.17, 15) is 4.79 Å². The predicted molar refractivity (Wildman–Crippen MR) is 104 cm³/mol. The molecule has 0 amide bonds. The molecule has 1 N–H and O–H groups in total. The minimum Gasteiger partial charge on any atom is -0.396 e. The number of ether oxygens (including phenoxy) is 1. The molecule has 3 heteroatoms. The summed E-state index contributed by atoms with van der Waals surface area (Å²) in [5.74, 6) is 0.650. The monoisotopic (exact) mass is 356 g/mol. The van der Waals surface area contributed by atoms with Gasteiger partial charge in [-0.2, -0.15) is 0 Å². The molecule has 0 saturated heterocycles. The molecular weight excluding hydrogens is 324 g/mol. The number of benzene rings is 1. The summed E-state index contributed by atoms with van der Waals surface area (Å²) in [5, 5.41) is 9.01. The lowest BCUT2D eigenvalue weighted by molar-refractivity contribution is -0.141. The third-order valence-corrected chi connectivity index (χ3v) is 7.07. The average Bonchev–Trinajstić information content (AvgIpc) is 3.10. The third-order valence-electron chi connectivity index (χ3n) is 7.07. The standard InChI is InChI=1S/C23H32O3/c1-16-19-12-13-23(21(19)26-4,22(16,2)3)20(25)11-10-18-8-5-7-17(15-18)9-6-14-24/h5,7-8,15,19,21,24H,1,6,9-14H2,2-4H3/t19-,21+,23+/m1/s1. The number of hydrogen-bond acceptors (Lipinski definition) is 3. The summed E-state index contributed by atoms with van der Waals surface area (Å²) in [6.45, 7) is 8.88. The molecule has 142 valence electrons. The van der Waals surface area contributed by atoms with E-state index in [-0.39, 0.29) is 18.1 Å². The van der Waals surface area contributed by atoms with Crippen LogP contribution in [0.2, 0.25) is 0 Å². The summed E-state index contributed by atoms with van der Waals surface area (Å²) in [7, 11) is 1.74. The van der Waals surface area contributed by atoms with Crippen molar-refractivity contribution < 1.29 is 14.6 Å². The Hall–Kier alpha value is -1.45. The molecule has 3 rings (SSSR count). The van der Waals surface area contributed by atoms with Crippen molar-refractivity contribution in [3.63, 3.8) is 0 Å². The van der Waals surface area contributed by atoms with Crippen LogP contribution in [-0.4, -0.2) is 30.7 Å². The van der Waals surface area contributed by atoms with Gasteiger partial charge in [-0.05, 0) is 43.2 Å². The Labute approximate surface area is 157 Å². The van der Waals surface area contributed by atoms with Crippen LogP contribution in [0.1, 0.15) is 50.7 Å². The number of methoxy groups -OCH3 is 1. The summed E-state index contributed by atoms with van der Waals surface area (Å²) in [5.41, 5.74) is 3.00. The quantitative estimate of drug-likeness (QED) is 0.713. The molecule has 2 fully saturated rings. The molecule has 2 aliphatic rings. The van der Waals surface area contributed by atoms with Gasteiger partial charge in [-0.25, -0.2) is 0 Å². The maximum absolute atomic E-state index is 13.4. The highest BCUT2D eigenvalue weighted by Gasteiger charge is 2.68. The van der Waals surface area contributed by atoms with Crippen molar-refractivity contribution in [2.45, 2.75) is 58.5 Å². The molecule has 2 bridgehead atoms. The van der Waals surface area contributed by atoms with Crippen LogP contribution in [-0.2, 0) is 22.4 Å². The highest BCUT2D eigenvalue weighted by Crippen LogP contribution is 2.67. The molecule has 1 aromatic rings. The summed E-state index contributed by atoms with van der Waals surface area (Å²) in [6, 6.07) is 8.41. The molecule has 0 aromatic heterocycles. The second kappa shape index (κ2) is 7.28. The topological polar surface area (TPSA) is 46.5 Å². The third kappa shape index (κ3) is 2.86. The van der Waals surface area contributed by atoms with Crippen molar-refractivity contribution in [3.05, 3.63) is 47.5 Å². The number of carbonyl (C=O) groups is 1. The van der Waals surface area contributed by atoms with Crippen molar-refractivity contribution in [2.24, 2.45) is 16.7 Å². The highest BCUT2D eigenvalue weighted by molar-refractivity contribution is 5.89. The van der Waals surface area contributed by atoms with E-state index in [0.717, 1.165) is 32.1 Å². The van der Waals surface area contributed by atoms with E-state index in [4.69, 9.17) is 9.84 Å². The van der Waals surface area contributed by atoms with Crippen LogP contribution in [0.3, 0.4) is 0 Å². The molecule has 0 radical (unpaired) electrons. The second-order valence-corrected chi connectivity index (χ2v) is 8.49. The lowest BCUT2D eigenvalue weighted by Gasteiger charge is -2.43. The molecule has 0 spiro atoms. The summed E-state index contributed by atoms with van der Waals surface area (Å²) in [6.07, 6.45) is 4.87. The number of ketones is 1. The molecule has 0 aliphatic heterocycles. The summed E-state index contributed by atoms with van der Waals surface area (Å²) >= 11 is 0. The number of Topliss-reactive ketones (excluding diaryl/α,β-unsaturated/α-hetero) is 1. The fourth-order valence-corrected chi connectivity index (χ4v) is 5.51. The molecule has 26 heavy (non-hydrogen) atoms. The zero-order chi connectivity index (χ0) is 18.9. The van der Waals surface area contributed by atoms with Crippen LogP contribution in [0.15, 0.2) is 36.4 Å². The fourth-order valence-electron chi connectivity index (χ4n) is 5.51. The van der Waals surface area contributed by atoms with Gasteiger partial charge in [0.1, 0.15) is 5.78 Å². The number of carbonyl (C=O) groups excluding carboxylic acids is 1. The molecular formula is C23H32O3. The number of aliphatic hydroxyl groups is 1. The van der Waals surface area contributed by atoms with E-state index in [1.165, 1.54) is 16.7 Å². The molecule has 0 heterocycles. The second-order valence-electron chi connectivity index (χ2n) is 8.49. The van der Waals surface area contributed by atoms with Gasteiger partial charge in [0.2, 0.25) is 0 Å². The average molecular weight is 357 g/mol. The zero-order valence-electron chi connectivity index (χ0n) is 16.4. The Bertz CT molecular complexity index is 690. The highest BCUT2D eigenvalue weighted by atomic mass is 16.5. The minimum atomic E-state index is -0.419. The first kappa shape index (κ1) is 19.3. The fraction of sp³-hybridized carbons (Fsp3) is 0.609. The van der Waals surface area contributed by atoms with Crippen LogP contribution in [0.4, 0.5) is 0 Å². The van der Waals surface area contributed by atoms with Crippen LogP contribution in [0.25, 0.3) is 0 Å². The van der Waals surface area contributed by atoms with Crippen LogP contribution in [0.5, 0.6) is 0 Å². The van der Waals surface area contributed by atoms with Gasteiger partial charge in [0, 0.05) is 31.5 Å². The van der Waals surface area contributed by atoms with E-state index in [1.54, 1.807) is 7.11 Å². The van der Waals surface area contributed by atoms with Gasteiger partial charge in [-0.1, -0.05) is 50.3 Å². The lowest BCUT2D eigenvalue weighted by atomic mass is 9.60. The molecule has 3 nitrogen and oxygen atoms in total. The van der Waals surface area contributed by atoms with E-state index in [1.807, 2.05) is 0 Å². The van der Waals surface area contributed by atoms with E-state index in [0.29, 0.717) is 18.1 Å². The minimum absolute atomic E-state index is 0.0200. The first-order chi connectivity index (χ1) is 12.4. The lowest BCUT2D eigenvalue weighted by Crippen LogP contribution is -2.47. The Kier molecular flexibility index (Phi) is 5.41. The van der Waals surface area contributed by atoms with Gasteiger partial charge in [0.25, 0.3) is 0 Å². The van der Waals surface area contributed by atoms with Crippen LogP contribution >= 0.6 is 0 Å². The summed E-state index contributed by atoms with van der Waals surface area (Å²) in [4.78, 5) is 13.4. The number of hydrogen-bond donors (Lipinski definition) is 1. The van der Waals surface area contributed by atoms with Gasteiger partial charge in [-0.3, -0.25) is 4.79 Å². The van der Waals surface area contributed by atoms with Crippen molar-refractivity contribution in [1.82, 2.24) is 0 Å². The van der Waals surface area contributed by atoms with Crippen LogP contribution in [0, 0.1) is 16.7 Å². The van der Waals surface area contributed by atoms with E-state index in [2.05, 4.69) is 44.7 Å². The van der Waals surface area contributed by atoms with Gasteiger partial charge in [0.15, 0.2) is 0 Å². The summed E-state index contributed by atoms with van der Waals surface area (Å²) < 4.78 is 5.84. The molecule has 2 aliphatic carbocycles. The maximum atomic E-state index is 13.4. The zero-order valence-corrected chi connectivity index (χ0v) is 16.4. The van der Waals surface area contributed by atoms with Crippen molar-refractivity contribution in [1.29, 1.82) is 0 Å². The normalized spacial score (nSPS) is 29.3. The van der Waals surface area contributed by atoms with Crippen molar-refractivity contribution in [2.75, 3.05) is 13.7 Å². The van der Waals surface area contributed by atoms with Crippen LogP contribution < -0.4 is 0 Å². The first-order valence-electron chi connectivity index (χ1n) is 9.82. The van der Waals surface area contributed by atoms with E-state index < -0.39 is 5.41 Å². The Morgan fingerprint density at radius 2 is 2.00 bits per heavy atom. The smallest absolute Gasteiger partial charge is 0.142 e. The predicted octanol–water partition coefficient (Wildman–Crippen LogP) is 4.12. The van der Waals surface area contributed by atoms with Gasteiger partial charge in [-0.15, -0.1) is 0 Å². The van der Waals surface area contributed by atoms with E-state index >= 15 is 0 Å². The Morgan fingerprint density at radius 3 is 2.65 bits per heavy atom. The maximum Gasteiger partial charge on any atom is 0.142 e. The van der Waals surface area contributed by atoms with Gasteiger partial charge >= 0.3 is 0 Å². The van der Waals surface area contributed by atoms with Gasteiger partial charge in [0.05, 0.1) is 11.5 Å². The number of aryl methyl sites for hydroxylation is 2. The number of rotatable bonds is 8. The number of aliphatic hydroxyl groups excluding tert-OH is 1. The molecule has 0 unspecified atom stereocenters. The van der Waals surface area contributed by atoms with Crippen molar-refractivity contribution >= 4 is 5.78 Å². The molecule has 1 aromatic carbocycles. The SMILES string of the molecule is C=C1[C@H]2CC[C@](C(=O)CCc3cccc(CCCO)c3)([C@H]2OC)C1(C)C. The first-order valence-corrected chi connectivity index (χ1v) is 9.82. The molecule has 2 saturated carbocycles. The van der Waals surface area contributed by atoms with Crippen molar-refractivity contribution in [3.8, 4) is 0 Å². The largest absolute Gasteiger partial charge is 0.396 e. The Morgan fingerprint density at radius 1 is 1.31 bits per heavy atom. The molecule has 3 atom stereocenters.